The van der Waals surface area contributed by atoms with Gasteiger partial charge in [0, 0.05) is 10.4 Å². The molecule has 1 nitrogen and oxygen atoms in total. The molecule has 0 radical (unpaired) electrons. The molecule has 2 unspecified atom stereocenters. The maximum absolute atomic E-state index is 14.3. The quantitative estimate of drug-likeness (QED) is 0.481. The summed E-state index contributed by atoms with van der Waals surface area (Å²) in [5.74, 6) is 5.74. The number of hydrogen-bond donors (Lipinski definition) is 0. The van der Waals surface area contributed by atoms with Crippen LogP contribution in [0.15, 0.2) is 12.1 Å². The van der Waals surface area contributed by atoms with Gasteiger partial charge >= 0.3 is 0 Å². The molecule has 27 heavy (non-hydrogen) atoms. The maximum Gasteiger partial charge on any atom is 0.126 e. The van der Waals surface area contributed by atoms with Gasteiger partial charge in [-0.15, -0.1) is 23.2 Å². The van der Waals surface area contributed by atoms with Gasteiger partial charge < -0.3 is 0 Å². The van der Waals surface area contributed by atoms with Gasteiger partial charge in [0.2, 0.25) is 0 Å². The maximum atomic E-state index is 14.3. The molecule has 0 fully saturated rings. The normalized spacial score (nSPS) is 13.7. The summed E-state index contributed by atoms with van der Waals surface area (Å²) in [6.45, 7) is 18.7. The van der Waals surface area contributed by atoms with E-state index >= 15 is 0 Å². The van der Waals surface area contributed by atoms with Crippen molar-refractivity contribution < 1.29 is 4.39 Å². The SMILES string of the molecule is CC#CC.CCC(C)C(C)(CC)c1ccc(F)c(C)c1-c1nc(C)sc1C. The van der Waals surface area contributed by atoms with Gasteiger partial charge in [-0.05, 0) is 69.6 Å². The largest absolute Gasteiger partial charge is 0.241 e. The van der Waals surface area contributed by atoms with E-state index in [4.69, 9.17) is 4.98 Å². The third kappa shape index (κ3) is 4.99. The van der Waals surface area contributed by atoms with E-state index in [0.29, 0.717) is 5.92 Å². The molecule has 1 aromatic heterocycles. The van der Waals surface area contributed by atoms with Crippen LogP contribution in [0, 0.1) is 44.3 Å². The van der Waals surface area contributed by atoms with E-state index in [-0.39, 0.29) is 11.2 Å². The number of rotatable bonds is 5. The Bertz CT molecular complexity index is 819. The monoisotopic (exact) mass is 387 g/mol. The smallest absolute Gasteiger partial charge is 0.126 e. The molecule has 2 rings (SSSR count). The summed E-state index contributed by atoms with van der Waals surface area (Å²) in [7, 11) is 0. The van der Waals surface area contributed by atoms with E-state index in [1.807, 2.05) is 33.8 Å². The van der Waals surface area contributed by atoms with E-state index in [1.165, 1.54) is 10.4 Å². The van der Waals surface area contributed by atoms with Crippen molar-refractivity contribution in [1.82, 2.24) is 4.98 Å². The molecule has 3 heteroatoms. The molecule has 2 atom stereocenters. The second-order valence-electron chi connectivity index (χ2n) is 7.31. The van der Waals surface area contributed by atoms with Gasteiger partial charge in [0.1, 0.15) is 5.82 Å². The summed E-state index contributed by atoms with van der Waals surface area (Å²) < 4.78 is 14.3. The van der Waals surface area contributed by atoms with Crippen LogP contribution in [0.4, 0.5) is 4.39 Å². The molecule has 0 saturated carbocycles. The van der Waals surface area contributed by atoms with E-state index in [2.05, 4.69) is 46.5 Å². The lowest BCUT2D eigenvalue weighted by Gasteiger charge is -2.37. The van der Waals surface area contributed by atoms with Crippen LogP contribution >= 0.6 is 11.3 Å². The Hall–Kier alpha value is -1.66. The zero-order valence-electron chi connectivity index (χ0n) is 18.4. The van der Waals surface area contributed by atoms with Crippen molar-refractivity contribution in [3.05, 3.63) is 39.0 Å². The topological polar surface area (TPSA) is 12.9 Å². The van der Waals surface area contributed by atoms with Crippen molar-refractivity contribution >= 4 is 11.3 Å². The van der Waals surface area contributed by atoms with Crippen LogP contribution in [-0.4, -0.2) is 4.98 Å². The predicted octanol–water partition coefficient (Wildman–Crippen LogP) is 7.62. The standard InChI is InChI=1S/C20H28FNS.C4H6/c1-8-12(3)20(7,9-2)16-10-11-17(21)13(4)18(16)19-14(5)23-15(6)22-19;1-3-4-2/h10-12H,8-9H2,1-7H3;1-2H3. The molecule has 0 aliphatic heterocycles. The minimum Gasteiger partial charge on any atom is -0.241 e. The highest BCUT2D eigenvalue weighted by molar-refractivity contribution is 7.11. The van der Waals surface area contributed by atoms with Gasteiger partial charge in [0.15, 0.2) is 0 Å². The van der Waals surface area contributed by atoms with E-state index < -0.39 is 0 Å². The fourth-order valence-corrected chi connectivity index (χ4v) is 4.31. The van der Waals surface area contributed by atoms with Crippen molar-refractivity contribution in [2.24, 2.45) is 5.92 Å². The molecule has 0 aliphatic rings. The number of benzene rings is 1. The lowest BCUT2D eigenvalue weighted by Crippen LogP contribution is -2.30. The molecule has 1 heterocycles. The molecule has 148 valence electrons. The number of halogens is 1. The zero-order chi connectivity index (χ0) is 20.8. The first kappa shape index (κ1) is 23.4. The van der Waals surface area contributed by atoms with Crippen molar-refractivity contribution in [3.63, 3.8) is 0 Å². The average Bonchev–Trinajstić information content (AvgIpc) is 3.00. The van der Waals surface area contributed by atoms with Crippen LogP contribution in [-0.2, 0) is 5.41 Å². The van der Waals surface area contributed by atoms with Crippen molar-refractivity contribution in [3.8, 4) is 23.1 Å². The van der Waals surface area contributed by atoms with Gasteiger partial charge in [0.25, 0.3) is 0 Å². The predicted molar refractivity (Wildman–Crippen MR) is 118 cm³/mol. The minimum absolute atomic E-state index is 0.0203. The number of nitrogens with zero attached hydrogens (tertiary/aromatic N) is 1. The molecule has 0 amide bonds. The molecule has 0 aliphatic carbocycles. The first-order chi connectivity index (χ1) is 12.7. The fourth-order valence-electron chi connectivity index (χ4n) is 3.48. The molecule has 0 bridgehead atoms. The molecular weight excluding hydrogens is 353 g/mol. The third-order valence-electron chi connectivity index (χ3n) is 5.84. The van der Waals surface area contributed by atoms with Gasteiger partial charge in [-0.2, -0.15) is 0 Å². The van der Waals surface area contributed by atoms with Crippen molar-refractivity contribution in [2.75, 3.05) is 0 Å². The summed E-state index contributed by atoms with van der Waals surface area (Å²) >= 11 is 1.69. The first-order valence-electron chi connectivity index (χ1n) is 9.75. The number of hydrogen-bond acceptors (Lipinski definition) is 2. The van der Waals surface area contributed by atoms with Gasteiger partial charge in [-0.25, -0.2) is 9.37 Å². The fraction of sp³-hybridized carbons (Fsp3) is 0.542. The van der Waals surface area contributed by atoms with Gasteiger partial charge in [-0.3, -0.25) is 0 Å². The Morgan fingerprint density at radius 1 is 1.15 bits per heavy atom. The molecule has 2 aromatic rings. The average molecular weight is 388 g/mol. The lowest BCUT2D eigenvalue weighted by molar-refractivity contribution is 0.295. The number of thiazole rings is 1. The van der Waals surface area contributed by atoms with Crippen LogP contribution < -0.4 is 0 Å². The van der Waals surface area contributed by atoms with E-state index in [0.717, 1.165) is 34.7 Å². The Labute approximate surface area is 169 Å². The Balaban J connectivity index is 0.000000828. The zero-order valence-corrected chi connectivity index (χ0v) is 19.2. The highest BCUT2D eigenvalue weighted by atomic mass is 32.1. The van der Waals surface area contributed by atoms with Crippen molar-refractivity contribution in [2.45, 2.75) is 80.6 Å². The number of aromatic nitrogens is 1. The van der Waals surface area contributed by atoms with Gasteiger partial charge in [-0.1, -0.05) is 40.2 Å². The summed E-state index contributed by atoms with van der Waals surface area (Å²) in [5, 5.41) is 1.04. The van der Waals surface area contributed by atoms with Crippen LogP contribution in [0.5, 0.6) is 0 Å². The third-order valence-corrected chi connectivity index (χ3v) is 6.73. The van der Waals surface area contributed by atoms with Crippen LogP contribution in [0.2, 0.25) is 0 Å². The molecular formula is C24H34FNS. The summed E-state index contributed by atoms with van der Waals surface area (Å²) in [5.41, 5.74) is 3.95. The highest BCUT2D eigenvalue weighted by Crippen LogP contribution is 2.44. The summed E-state index contributed by atoms with van der Waals surface area (Å²) in [6.07, 6.45) is 2.14. The first-order valence-corrected chi connectivity index (χ1v) is 10.6. The second-order valence-corrected chi connectivity index (χ2v) is 8.72. The lowest BCUT2D eigenvalue weighted by atomic mass is 9.67. The van der Waals surface area contributed by atoms with E-state index in [9.17, 15) is 4.39 Å². The molecule has 1 aromatic carbocycles. The Kier molecular flexibility index (Phi) is 8.69. The molecule has 0 N–H and O–H groups in total. The van der Waals surface area contributed by atoms with Crippen LogP contribution in [0.3, 0.4) is 0 Å². The summed E-state index contributed by atoms with van der Waals surface area (Å²) in [6, 6.07) is 3.61. The molecule has 0 spiro atoms. The Morgan fingerprint density at radius 3 is 2.15 bits per heavy atom. The van der Waals surface area contributed by atoms with Crippen LogP contribution in [0.1, 0.15) is 75.4 Å². The van der Waals surface area contributed by atoms with E-state index in [1.54, 1.807) is 17.4 Å². The second kappa shape index (κ2) is 10.0. The summed E-state index contributed by atoms with van der Waals surface area (Å²) in [4.78, 5) is 5.89. The number of aryl methyl sites for hydroxylation is 2. The molecule has 0 saturated heterocycles. The van der Waals surface area contributed by atoms with Gasteiger partial charge in [0.05, 0.1) is 10.7 Å². The van der Waals surface area contributed by atoms with Crippen LogP contribution in [0.25, 0.3) is 11.3 Å². The Morgan fingerprint density at radius 2 is 1.74 bits per heavy atom. The van der Waals surface area contributed by atoms with Crippen molar-refractivity contribution in [1.29, 1.82) is 0 Å². The highest BCUT2D eigenvalue weighted by Gasteiger charge is 2.34. The minimum atomic E-state index is -0.142.